The predicted octanol–water partition coefficient (Wildman–Crippen LogP) is 3.80. The van der Waals surface area contributed by atoms with Gasteiger partial charge in [0.25, 0.3) is 0 Å². The van der Waals surface area contributed by atoms with Gasteiger partial charge in [-0.05, 0) is 49.9 Å². The topological polar surface area (TPSA) is 24.9 Å². The number of nitrogens with zero attached hydrogens (tertiary/aromatic N) is 1. The highest BCUT2D eigenvalue weighted by molar-refractivity contribution is 5.51. The first-order valence-electron chi connectivity index (χ1n) is 6.52. The fourth-order valence-corrected chi connectivity index (χ4v) is 2.73. The van der Waals surface area contributed by atoms with Gasteiger partial charge in [-0.25, -0.2) is 0 Å². The average Bonchev–Trinajstić information content (AvgIpc) is 2.76. The predicted molar refractivity (Wildman–Crippen MR) is 74.8 cm³/mol. The van der Waals surface area contributed by atoms with Gasteiger partial charge < -0.3 is 5.32 Å². The molecule has 0 saturated carbocycles. The van der Waals surface area contributed by atoms with Crippen molar-refractivity contribution in [2.45, 2.75) is 32.7 Å². The fourth-order valence-electron chi connectivity index (χ4n) is 2.73. The van der Waals surface area contributed by atoms with Crippen LogP contribution in [0.4, 0.5) is 5.69 Å². The molecule has 2 nitrogen and oxygen atoms in total. The van der Waals surface area contributed by atoms with Crippen molar-refractivity contribution in [3.63, 3.8) is 0 Å². The summed E-state index contributed by atoms with van der Waals surface area (Å²) in [7, 11) is 0. The maximum Gasteiger partial charge on any atom is 0.0607 e. The van der Waals surface area contributed by atoms with E-state index in [4.69, 9.17) is 0 Å². The first-order valence-corrected chi connectivity index (χ1v) is 6.52. The fraction of sp³-hybridized carbons (Fsp3) is 0.312. The zero-order chi connectivity index (χ0) is 12.5. The van der Waals surface area contributed by atoms with Crippen molar-refractivity contribution < 1.29 is 0 Å². The Balaban J connectivity index is 1.86. The molecule has 18 heavy (non-hydrogen) atoms. The van der Waals surface area contributed by atoms with E-state index in [1.165, 1.54) is 24.0 Å². The summed E-state index contributed by atoms with van der Waals surface area (Å²) in [4.78, 5) is 4.51. The smallest absolute Gasteiger partial charge is 0.0607 e. The molecule has 1 heterocycles. The van der Waals surface area contributed by atoms with Crippen molar-refractivity contribution in [2.24, 2.45) is 0 Å². The Morgan fingerprint density at radius 2 is 1.94 bits per heavy atom. The monoisotopic (exact) mass is 238 g/mol. The number of hydrogen-bond donors (Lipinski definition) is 1. The number of nitrogens with one attached hydrogen (secondary N) is 1. The summed E-state index contributed by atoms with van der Waals surface area (Å²) in [6.07, 6.45) is 2.35. The Labute approximate surface area is 108 Å². The van der Waals surface area contributed by atoms with Crippen LogP contribution in [0.2, 0.25) is 0 Å². The molecule has 0 bridgehead atoms. The number of aromatic nitrogens is 1. The minimum absolute atomic E-state index is 0.435. The van der Waals surface area contributed by atoms with Crippen molar-refractivity contribution in [1.82, 2.24) is 4.98 Å². The van der Waals surface area contributed by atoms with Gasteiger partial charge >= 0.3 is 0 Å². The average molecular weight is 238 g/mol. The van der Waals surface area contributed by atoms with E-state index in [0.29, 0.717) is 6.04 Å². The Bertz CT molecular complexity index is 575. The van der Waals surface area contributed by atoms with Crippen molar-refractivity contribution in [3.05, 3.63) is 58.9 Å². The first-order chi connectivity index (χ1) is 8.74. The molecule has 0 aliphatic heterocycles. The first kappa shape index (κ1) is 11.3. The minimum Gasteiger partial charge on any atom is -0.377 e. The van der Waals surface area contributed by atoms with Crippen LogP contribution in [0.3, 0.4) is 0 Å². The molecular formula is C16H18N2. The van der Waals surface area contributed by atoms with Gasteiger partial charge in [-0.3, -0.25) is 4.98 Å². The summed E-state index contributed by atoms with van der Waals surface area (Å²) in [5.74, 6) is 0. The maximum absolute atomic E-state index is 4.51. The van der Waals surface area contributed by atoms with Crippen LogP contribution in [0.1, 0.15) is 35.0 Å². The Morgan fingerprint density at radius 1 is 1.11 bits per heavy atom. The Hall–Kier alpha value is -1.83. The number of pyridine rings is 1. The molecule has 2 heteroatoms. The highest BCUT2D eigenvalue weighted by atomic mass is 14.9. The molecule has 0 spiro atoms. The van der Waals surface area contributed by atoms with Gasteiger partial charge in [0, 0.05) is 5.69 Å². The van der Waals surface area contributed by atoms with E-state index in [-0.39, 0.29) is 0 Å². The van der Waals surface area contributed by atoms with Crippen LogP contribution in [-0.4, -0.2) is 4.98 Å². The molecule has 1 unspecified atom stereocenters. The SMILES string of the molecule is Cc1ccc(NC2CCc3ccccc32)c(C)n1. The summed E-state index contributed by atoms with van der Waals surface area (Å²) < 4.78 is 0. The van der Waals surface area contributed by atoms with Gasteiger partial charge in [0.15, 0.2) is 0 Å². The summed E-state index contributed by atoms with van der Waals surface area (Å²) >= 11 is 0. The van der Waals surface area contributed by atoms with E-state index < -0.39 is 0 Å². The molecule has 92 valence electrons. The van der Waals surface area contributed by atoms with Crippen LogP contribution in [0.5, 0.6) is 0 Å². The normalized spacial score (nSPS) is 17.6. The van der Waals surface area contributed by atoms with Crippen molar-refractivity contribution in [2.75, 3.05) is 5.32 Å². The zero-order valence-corrected chi connectivity index (χ0v) is 10.9. The van der Waals surface area contributed by atoms with Crippen LogP contribution in [0.25, 0.3) is 0 Å². The molecular weight excluding hydrogens is 220 g/mol. The lowest BCUT2D eigenvalue weighted by Gasteiger charge is -2.17. The number of rotatable bonds is 2. The van der Waals surface area contributed by atoms with E-state index in [0.717, 1.165) is 17.1 Å². The number of fused-ring (bicyclic) bond motifs is 1. The van der Waals surface area contributed by atoms with Crippen LogP contribution in [-0.2, 0) is 6.42 Å². The van der Waals surface area contributed by atoms with Gasteiger partial charge in [0.05, 0.1) is 17.4 Å². The number of benzene rings is 1. The van der Waals surface area contributed by atoms with E-state index in [1.54, 1.807) is 0 Å². The third kappa shape index (κ3) is 1.99. The second-order valence-electron chi connectivity index (χ2n) is 5.02. The number of anilines is 1. The number of hydrogen-bond acceptors (Lipinski definition) is 2. The Kier molecular flexibility index (Phi) is 2.78. The summed E-state index contributed by atoms with van der Waals surface area (Å²) in [6, 6.07) is 13.4. The second kappa shape index (κ2) is 4.45. The molecule has 1 aliphatic rings. The molecule has 1 aromatic carbocycles. The minimum atomic E-state index is 0.435. The van der Waals surface area contributed by atoms with Crippen LogP contribution >= 0.6 is 0 Å². The second-order valence-corrected chi connectivity index (χ2v) is 5.02. The van der Waals surface area contributed by atoms with E-state index in [2.05, 4.69) is 53.6 Å². The molecule has 1 aliphatic carbocycles. The highest BCUT2D eigenvalue weighted by Crippen LogP contribution is 2.34. The summed E-state index contributed by atoms with van der Waals surface area (Å²) in [5, 5.41) is 3.63. The Morgan fingerprint density at radius 3 is 2.78 bits per heavy atom. The van der Waals surface area contributed by atoms with Crippen LogP contribution in [0, 0.1) is 13.8 Å². The lowest BCUT2D eigenvalue weighted by molar-refractivity contribution is 0.759. The molecule has 0 radical (unpaired) electrons. The molecule has 1 atom stereocenters. The lowest BCUT2D eigenvalue weighted by atomic mass is 10.1. The molecule has 3 rings (SSSR count). The molecule has 1 N–H and O–H groups in total. The van der Waals surface area contributed by atoms with E-state index in [1.807, 2.05) is 6.92 Å². The zero-order valence-electron chi connectivity index (χ0n) is 10.9. The van der Waals surface area contributed by atoms with Gasteiger partial charge in [0.1, 0.15) is 0 Å². The largest absolute Gasteiger partial charge is 0.377 e. The highest BCUT2D eigenvalue weighted by Gasteiger charge is 2.21. The van der Waals surface area contributed by atoms with Gasteiger partial charge in [0.2, 0.25) is 0 Å². The van der Waals surface area contributed by atoms with Crippen LogP contribution < -0.4 is 5.32 Å². The molecule has 1 aromatic heterocycles. The van der Waals surface area contributed by atoms with Gasteiger partial charge in [-0.15, -0.1) is 0 Å². The van der Waals surface area contributed by atoms with Gasteiger partial charge in [-0.2, -0.15) is 0 Å². The molecule has 0 saturated heterocycles. The summed E-state index contributed by atoms with van der Waals surface area (Å²) in [6.45, 7) is 4.10. The number of aryl methyl sites for hydroxylation is 3. The van der Waals surface area contributed by atoms with E-state index >= 15 is 0 Å². The molecule has 0 fully saturated rings. The summed E-state index contributed by atoms with van der Waals surface area (Å²) in [5.41, 5.74) is 6.23. The van der Waals surface area contributed by atoms with Crippen molar-refractivity contribution in [3.8, 4) is 0 Å². The third-order valence-electron chi connectivity index (χ3n) is 3.69. The van der Waals surface area contributed by atoms with E-state index in [9.17, 15) is 0 Å². The maximum atomic E-state index is 4.51. The third-order valence-corrected chi connectivity index (χ3v) is 3.69. The molecule has 2 aromatic rings. The van der Waals surface area contributed by atoms with Crippen molar-refractivity contribution >= 4 is 5.69 Å². The standard InChI is InChI=1S/C16H18N2/c1-11-7-9-15(12(2)17-11)18-16-10-8-13-5-3-4-6-14(13)16/h3-7,9,16,18H,8,10H2,1-2H3. The lowest BCUT2D eigenvalue weighted by Crippen LogP contribution is -2.08. The van der Waals surface area contributed by atoms with Gasteiger partial charge in [-0.1, -0.05) is 24.3 Å². The molecule has 0 amide bonds. The van der Waals surface area contributed by atoms with Crippen molar-refractivity contribution in [1.29, 1.82) is 0 Å². The quantitative estimate of drug-likeness (QED) is 0.860. The van der Waals surface area contributed by atoms with Crippen LogP contribution in [0.15, 0.2) is 36.4 Å².